The van der Waals surface area contributed by atoms with Gasteiger partial charge in [-0.15, -0.1) is 0 Å². The quantitative estimate of drug-likeness (QED) is 0.831. The zero-order valence-electron chi connectivity index (χ0n) is 9.16. The largest absolute Gasteiger partial charge is 0.334 e. The van der Waals surface area contributed by atoms with Gasteiger partial charge < -0.3 is 9.84 Å². The summed E-state index contributed by atoms with van der Waals surface area (Å²) in [5.74, 6) is 1.38. The lowest BCUT2D eigenvalue weighted by molar-refractivity contribution is 0.423. The monoisotopic (exact) mass is 215 g/mol. The molecule has 0 saturated carbocycles. The van der Waals surface area contributed by atoms with Gasteiger partial charge in [-0.05, 0) is 23.3 Å². The molecule has 1 aromatic heterocycles. The number of rotatable bonds is 2. The van der Waals surface area contributed by atoms with Gasteiger partial charge in [0.05, 0.1) is 0 Å². The molecule has 0 saturated heterocycles. The second-order valence-corrected chi connectivity index (χ2v) is 3.96. The number of aromatic nitrogens is 2. The van der Waals surface area contributed by atoms with Crippen LogP contribution in [-0.2, 0) is 19.5 Å². The molecule has 4 heteroatoms. The van der Waals surface area contributed by atoms with Gasteiger partial charge in [-0.2, -0.15) is 4.98 Å². The normalized spacial score (nSPS) is 14.1. The number of benzene rings is 1. The van der Waals surface area contributed by atoms with Crippen molar-refractivity contribution in [3.8, 4) is 11.5 Å². The lowest BCUT2D eigenvalue weighted by Gasteiger charge is -1.99. The molecule has 0 amide bonds. The summed E-state index contributed by atoms with van der Waals surface area (Å²) in [5, 5.41) is 7.22. The molecule has 2 aromatic rings. The number of fused-ring (bicyclic) bond motifs is 1. The Kier molecular flexibility index (Phi) is 2.22. The lowest BCUT2D eigenvalue weighted by atomic mass is 10.1. The zero-order chi connectivity index (χ0) is 11.0. The van der Waals surface area contributed by atoms with Crippen LogP contribution in [0.15, 0.2) is 22.7 Å². The minimum absolute atomic E-state index is 0.617. The maximum Gasteiger partial charge on any atom is 0.257 e. The van der Waals surface area contributed by atoms with Gasteiger partial charge in [-0.3, -0.25) is 0 Å². The van der Waals surface area contributed by atoms with E-state index in [1.165, 1.54) is 11.1 Å². The highest BCUT2D eigenvalue weighted by atomic mass is 16.5. The molecule has 0 aliphatic carbocycles. The molecule has 1 aliphatic rings. The number of hydrogen-bond donors (Lipinski definition) is 1. The third kappa shape index (κ3) is 1.51. The summed E-state index contributed by atoms with van der Waals surface area (Å²) in [4.78, 5) is 4.33. The molecule has 0 bridgehead atoms. The van der Waals surface area contributed by atoms with E-state index in [0.717, 1.165) is 30.9 Å². The van der Waals surface area contributed by atoms with Crippen LogP contribution in [0.25, 0.3) is 11.5 Å². The number of nitrogens with one attached hydrogen (secondary N) is 1. The smallest absolute Gasteiger partial charge is 0.257 e. The van der Waals surface area contributed by atoms with Crippen molar-refractivity contribution in [3.63, 3.8) is 0 Å². The van der Waals surface area contributed by atoms with E-state index in [4.69, 9.17) is 4.52 Å². The van der Waals surface area contributed by atoms with E-state index in [0.29, 0.717) is 5.89 Å². The van der Waals surface area contributed by atoms with Crippen LogP contribution in [0.5, 0.6) is 0 Å². The van der Waals surface area contributed by atoms with Crippen molar-refractivity contribution >= 4 is 0 Å². The summed E-state index contributed by atoms with van der Waals surface area (Å²) in [5.41, 5.74) is 3.70. The maximum atomic E-state index is 5.22. The van der Waals surface area contributed by atoms with Crippen molar-refractivity contribution in [2.75, 3.05) is 0 Å². The fraction of sp³-hybridized carbons (Fsp3) is 0.333. The molecule has 82 valence electrons. The average Bonchev–Trinajstić information content (AvgIpc) is 2.96. The Balaban J connectivity index is 2.00. The van der Waals surface area contributed by atoms with Gasteiger partial charge >= 0.3 is 0 Å². The van der Waals surface area contributed by atoms with Gasteiger partial charge in [0.2, 0.25) is 0 Å². The third-order valence-corrected chi connectivity index (χ3v) is 2.87. The Morgan fingerprint density at radius 2 is 2.19 bits per heavy atom. The molecule has 1 N–H and O–H groups in total. The fourth-order valence-electron chi connectivity index (χ4n) is 1.94. The molecule has 0 fully saturated rings. The van der Waals surface area contributed by atoms with Crippen LogP contribution < -0.4 is 5.32 Å². The van der Waals surface area contributed by atoms with Crippen LogP contribution in [0.2, 0.25) is 0 Å². The minimum Gasteiger partial charge on any atom is -0.334 e. The highest BCUT2D eigenvalue weighted by Gasteiger charge is 2.13. The molecule has 0 unspecified atom stereocenters. The average molecular weight is 215 g/mol. The van der Waals surface area contributed by atoms with Crippen LogP contribution in [0.3, 0.4) is 0 Å². The second kappa shape index (κ2) is 3.72. The topological polar surface area (TPSA) is 51.0 Å². The van der Waals surface area contributed by atoms with Crippen molar-refractivity contribution in [2.24, 2.45) is 0 Å². The molecule has 0 radical (unpaired) electrons. The van der Waals surface area contributed by atoms with Gasteiger partial charge in [-0.1, -0.05) is 18.1 Å². The summed E-state index contributed by atoms with van der Waals surface area (Å²) in [6, 6.07) is 6.29. The molecular formula is C12H13N3O. The summed E-state index contributed by atoms with van der Waals surface area (Å²) >= 11 is 0. The lowest BCUT2D eigenvalue weighted by Crippen LogP contribution is -1.99. The molecule has 2 heterocycles. The predicted molar refractivity (Wildman–Crippen MR) is 59.7 cm³/mol. The SMILES string of the molecule is CCc1noc(-c2ccc3c(c2)CNC3)n1. The first-order valence-electron chi connectivity index (χ1n) is 5.52. The van der Waals surface area contributed by atoms with Crippen LogP contribution in [0.1, 0.15) is 23.9 Å². The van der Waals surface area contributed by atoms with Crippen LogP contribution >= 0.6 is 0 Å². The Morgan fingerprint density at radius 1 is 1.31 bits per heavy atom. The molecule has 3 rings (SSSR count). The first-order valence-corrected chi connectivity index (χ1v) is 5.52. The van der Waals surface area contributed by atoms with E-state index in [-0.39, 0.29) is 0 Å². The fourth-order valence-corrected chi connectivity index (χ4v) is 1.94. The van der Waals surface area contributed by atoms with Gasteiger partial charge in [0.25, 0.3) is 5.89 Å². The molecular weight excluding hydrogens is 202 g/mol. The third-order valence-electron chi connectivity index (χ3n) is 2.87. The van der Waals surface area contributed by atoms with Crippen molar-refractivity contribution < 1.29 is 4.52 Å². The number of aryl methyl sites for hydroxylation is 1. The molecule has 1 aliphatic heterocycles. The molecule has 0 spiro atoms. The number of nitrogens with zero attached hydrogens (tertiary/aromatic N) is 2. The van der Waals surface area contributed by atoms with Crippen molar-refractivity contribution in [1.29, 1.82) is 0 Å². The van der Waals surface area contributed by atoms with Gasteiger partial charge in [0.15, 0.2) is 5.82 Å². The van der Waals surface area contributed by atoms with E-state index in [2.05, 4.69) is 27.6 Å². The Morgan fingerprint density at radius 3 is 3.00 bits per heavy atom. The first-order chi connectivity index (χ1) is 7.86. The minimum atomic E-state index is 0.617. The Labute approximate surface area is 93.7 Å². The zero-order valence-corrected chi connectivity index (χ0v) is 9.16. The van der Waals surface area contributed by atoms with Crippen LogP contribution in [-0.4, -0.2) is 10.1 Å². The molecule has 4 nitrogen and oxygen atoms in total. The van der Waals surface area contributed by atoms with Crippen molar-refractivity contribution in [3.05, 3.63) is 35.2 Å². The number of hydrogen-bond acceptors (Lipinski definition) is 4. The van der Waals surface area contributed by atoms with E-state index in [1.54, 1.807) is 0 Å². The van der Waals surface area contributed by atoms with E-state index < -0.39 is 0 Å². The molecule has 1 aromatic carbocycles. The Bertz CT molecular complexity index is 519. The predicted octanol–water partition coefficient (Wildman–Crippen LogP) is 1.90. The van der Waals surface area contributed by atoms with Crippen molar-refractivity contribution in [2.45, 2.75) is 26.4 Å². The highest BCUT2D eigenvalue weighted by Crippen LogP contribution is 2.23. The van der Waals surface area contributed by atoms with Crippen molar-refractivity contribution in [1.82, 2.24) is 15.5 Å². The van der Waals surface area contributed by atoms with E-state index >= 15 is 0 Å². The first kappa shape index (κ1) is 9.54. The van der Waals surface area contributed by atoms with Gasteiger partial charge in [0.1, 0.15) is 0 Å². The molecule has 16 heavy (non-hydrogen) atoms. The van der Waals surface area contributed by atoms with Gasteiger partial charge in [0, 0.05) is 25.1 Å². The summed E-state index contributed by atoms with van der Waals surface area (Å²) in [6.07, 6.45) is 0.802. The molecule has 0 atom stereocenters. The summed E-state index contributed by atoms with van der Waals surface area (Å²) < 4.78 is 5.22. The standard InChI is InChI=1S/C12H13N3O/c1-2-11-14-12(16-15-11)8-3-4-9-6-13-7-10(9)5-8/h3-5,13H,2,6-7H2,1H3. The van der Waals surface area contributed by atoms with Crippen LogP contribution in [0, 0.1) is 0 Å². The van der Waals surface area contributed by atoms with E-state index in [9.17, 15) is 0 Å². The summed E-state index contributed by atoms with van der Waals surface area (Å²) in [6.45, 7) is 3.90. The Hall–Kier alpha value is -1.68. The van der Waals surface area contributed by atoms with Gasteiger partial charge in [-0.25, -0.2) is 0 Å². The summed E-state index contributed by atoms with van der Waals surface area (Å²) in [7, 11) is 0. The second-order valence-electron chi connectivity index (χ2n) is 3.96. The van der Waals surface area contributed by atoms with E-state index in [1.807, 2.05) is 13.0 Å². The van der Waals surface area contributed by atoms with Crippen LogP contribution in [0.4, 0.5) is 0 Å². The highest BCUT2D eigenvalue weighted by molar-refractivity contribution is 5.56. The maximum absolute atomic E-state index is 5.22.